The number of fused-ring (bicyclic) bond motifs is 2. The molecule has 2 heteroatoms. The van der Waals surface area contributed by atoms with Crippen molar-refractivity contribution < 1.29 is 4.39 Å². The molecular formula is C50H34FN. The van der Waals surface area contributed by atoms with Gasteiger partial charge in [0, 0.05) is 17.1 Å². The van der Waals surface area contributed by atoms with Crippen LogP contribution in [0.25, 0.3) is 66.1 Å². The molecule has 52 heavy (non-hydrogen) atoms. The largest absolute Gasteiger partial charge is 0.311 e. The first kappa shape index (κ1) is 31.2. The molecule has 246 valence electrons. The Bertz CT molecular complexity index is 2480. The number of nitrogens with zero attached hydrogens (tertiary/aromatic N) is 1. The summed E-state index contributed by atoms with van der Waals surface area (Å²) in [6.45, 7) is 0. The number of hydrogen-bond donors (Lipinski definition) is 0. The van der Waals surface area contributed by atoms with Gasteiger partial charge < -0.3 is 4.90 Å². The van der Waals surface area contributed by atoms with Crippen molar-refractivity contribution in [1.82, 2.24) is 0 Å². The molecule has 0 amide bonds. The fraction of sp³-hybridized carbons (Fsp3) is 0. The van der Waals surface area contributed by atoms with E-state index in [1.165, 1.54) is 55.9 Å². The van der Waals surface area contributed by atoms with Crippen molar-refractivity contribution in [3.05, 3.63) is 212 Å². The average molecular weight is 668 g/mol. The third kappa shape index (κ3) is 6.23. The van der Waals surface area contributed by atoms with E-state index in [1.54, 1.807) is 0 Å². The molecule has 0 radical (unpaired) electrons. The van der Waals surface area contributed by atoms with E-state index in [2.05, 4.69) is 175 Å². The fourth-order valence-electron chi connectivity index (χ4n) is 7.12. The molecule has 0 heterocycles. The third-order valence-electron chi connectivity index (χ3n) is 9.90. The van der Waals surface area contributed by atoms with Gasteiger partial charge in [0.25, 0.3) is 0 Å². The molecule has 9 aromatic carbocycles. The van der Waals surface area contributed by atoms with E-state index in [0.29, 0.717) is 0 Å². The molecular weight excluding hydrogens is 634 g/mol. The van der Waals surface area contributed by atoms with Crippen LogP contribution in [0.3, 0.4) is 0 Å². The Kier molecular flexibility index (Phi) is 8.11. The smallest absolute Gasteiger partial charge is 0.123 e. The van der Waals surface area contributed by atoms with Crippen molar-refractivity contribution in [3.8, 4) is 44.5 Å². The Morgan fingerprint density at radius 1 is 0.250 bits per heavy atom. The second-order valence-corrected chi connectivity index (χ2v) is 13.2. The highest BCUT2D eigenvalue weighted by Gasteiger charge is 2.14. The molecule has 0 bridgehead atoms. The van der Waals surface area contributed by atoms with Crippen LogP contribution >= 0.6 is 0 Å². The molecule has 9 rings (SSSR count). The lowest BCUT2D eigenvalue weighted by Gasteiger charge is -2.26. The van der Waals surface area contributed by atoms with Crippen LogP contribution in [0.1, 0.15) is 0 Å². The zero-order valence-electron chi connectivity index (χ0n) is 28.5. The van der Waals surface area contributed by atoms with Crippen molar-refractivity contribution >= 4 is 38.6 Å². The normalized spacial score (nSPS) is 11.2. The Hall–Kier alpha value is -6.77. The topological polar surface area (TPSA) is 3.24 Å². The molecule has 1 nitrogen and oxygen atoms in total. The Morgan fingerprint density at radius 2 is 0.538 bits per heavy atom. The van der Waals surface area contributed by atoms with Gasteiger partial charge in [-0.05, 0) is 139 Å². The summed E-state index contributed by atoms with van der Waals surface area (Å²) in [7, 11) is 0. The second kappa shape index (κ2) is 13.5. The highest BCUT2D eigenvalue weighted by Crippen LogP contribution is 2.38. The lowest BCUT2D eigenvalue weighted by molar-refractivity contribution is 0.628. The van der Waals surface area contributed by atoms with Crippen LogP contribution in [-0.2, 0) is 0 Å². The summed E-state index contributed by atoms with van der Waals surface area (Å²) in [5.41, 5.74) is 12.3. The van der Waals surface area contributed by atoms with Gasteiger partial charge in [-0.25, -0.2) is 4.39 Å². The lowest BCUT2D eigenvalue weighted by Crippen LogP contribution is -2.09. The minimum absolute atomic E-state index is 0.257. The molecule has 0 unspecified atom stereocenters. The van der Waals surface area contributed by atoms with Crippen LogP contribution in [0.4, 0.5) is 21.5 Å². The first-order chi connectivity index (χ1) is 25.6. The van der Waals surface area contributed by atoms with Crippen molar-refractivity contribution in [2.45, 2.75) is 0 Å². The van der Waals surface area contributed by atoms with Gasteiger partial charge in [0.15, 0.2) is 0 Å². The minimum Gasteiger partial charge on any atom is -0.311 e. The summed E-state index contributed by atoms with van der Waals surface area (Å²) < 4.78 is 14.1. The van der Waals surface area contributed by atoms with E-state index < -0.39 is 0 Å². The van der Waals surface area contributed by atoms with Gasteiger partial charge in [-0.2, -0.15) is 0 Å². The van der Waals surface area contributed by atoms with Crippen molar-refractivity contribution in [1.29, 1.82) is 0 Å². The number of hydrogen-bond acceptors (Lipinski definition) is 1. The number of halogens is 1. The van der Waals surface area contributed by atoms with Gasteiger partial charge in [-0.3, -0.25) is 0 Å². The van der Waals surface area contributed by atoms with E-state index in [1.807, 2.05) is 24.3 Å². The molecule has 0 aliphatic carbocycles. The Balaban J connectivity index is 1.03. The molecule has 0 spiro atoms. The average Bonchev–Trinajstić information content (AvgIpc) is 3.22. The quantitative estimate of drug-likeness (QED) is 0.163. The van der Waals surface area contributed by atoms with E-state index in [0.717, 1.165) is 39.3 Å². The standard InChI is InChI=1S/C50H34FN/c51-47-23-29-50(30-24-47)52(48-25-19-37(20-26-48)43-17-13-39-11-15-41(31-45(39)33-43)35-7-3-1-4-8-35)49-27-21-38(22-28-49)44-18-14-40-12-16-42(32-46(40)34-44)36-9-5-2-6-10-36/h1-34H. The maximum absolute atomic E-state index is 14.1. The van der Waals surface area contributed by atoms with E-state index in [-0.39, 0.29) is 5.82 Å². The minimum atomic E-state index is -0.257. The fourth-order valence-corrected chi connectivity index (χ4v) is 7.12. The van der Waals surface area contributed by atoms with Crippen molar-refractivity contribution in [2.75, 3.05) is 4.90 Å². The maximum Gasteiger partial charge on any atom is 0.123 e. The summed E-state index contributed by atoms with van der Waals surface area (Å²) >= 11 is 0. The van der Waals surface area contributed by atoms with Gasteiger partial charge in [-0.15, -0.1) is 0 Å². The monoisotopic (exact) mass is 667 g/mol. The first-order valence-electron chi connectivity index (χ1n) is 17.6. The van der Waals surface area contributed by atoms with Crippen LogP contribution in [0, 0.1) is 5.82 Å². The molecule has 0 fully saturated rings. The van der Waals surface area contributed by atoms with Crippen LogP contribution in [0.5, 0.6) is 0 Å². The van der Waals surface area contributed by atoms with Crippen LogP contribution in [0.2, 0.25) is 0 Å². The van der Waals surface area contributed by atoms with Gasteiger partial charge in [0.1, 0.15) is 5.82 Å². The molecule has 0 saturated carbocycles. The van der Waals surface area contributed by atoms with Crippen LogP contribution in [-0.4, -0.2) is 0 Å². The van der Waals surface area contributed by atoms with Gasteiger partial charge in [-0.1, -0.05) is 133 Å². The molecule has 0 aliphatic heterocycles. The predicted molar refractivity (Wildman–Crippen MR) is 218 cm³/mol. The first-order valence-corrected chi connectivity index (χ1v) is 17.6. The lowest BCUT2D eigenvalue weighted by atomic mass is 9.97. The van der Waals surface area contributed by atoms with E-state index in [9.17, 15) is 4.39 Å². The molecule has 0 saturated heterocycles. The van der Waals surface area contributed by atoms with Crippen LogP contribution in [0.15, 0.2) is 206 Å². The molecule has 0 N–H and O–H groups in total. The van der Waals surface area contributed by atoms with Crippen molar-refractivity contribution in [3.63, 3.8) is 0 Å². The molecule has 0 aliphatic rings. The SMILES string of the molecule is Fc1ccc(N(c2ccc(-c3ccc4ccc(-c5ccccc5)cc4c3)cc2)c2ccc(-c3ccc4ccc(-c5ccccc5)cc4c3)cc2)cc1. The highest BCUT2D eigenvalue weighted by molar-refractivity contribution is 5.92. The summed E-state index contributed by atoms with van der Waals surface area (Å²) in [4.78, 5) is 2.17. The van der Waals surface area contributed by atoms with E-state index in [4.69, 9.17) is 0 Å². The third-order valence-corrected chi connectivity index (χ3v) is 9.90. The van der Waals surface area contributed by atoms with Crippen molar-refractivity contribution in [2.24, 2.45) is 0 Å². The highest BCUT2D eigenvalue weighted by atomic mass is 19.1. The zero-order chi connectivity index (χ0) is 34.9. The predicted octanol–water partition coefficient (Wildman–Crippen LogP) is 14.3. The number of anilines is 3. The van der Waals surface area contributed by atoms with Crippen LogP contribution < -0.4 is 4.90 Å². The number of benzene rings is 9. The summed E-state index contributed by atoms with van der Waals surface area (Å²) in [6.07, 6.45) is 0. The molecule has 0 atom stereocenters. The van der Waals surface area contributed by atoms with E-state index >= 15 is 0 Å². The maximum atomic E-state index is 14.1. The Labute approximate surface area is 303 Å². The zero-order valence-corrected chi connectivity index (χ0v) is 28.5. The summed E-state index contributed by atoms with van der Waals surface area (Å²) in [5.74, 6) is -0.257. The summed E-state index contributed by atoms with van der Waals surface area (Å²) in [5, 5.41) is 4.84. The molecule has 0 aromatic heterocycles. The number of rotatable bonds is 7. The van der Waals surface area contributed by atoms with Gasteiger partial charge in [0.05, 0.1) is 0 Å². The molecule has 9 aromatic rings. The second-order valence-electron chi connectivity index (χ2n) is 13.2. The van der Waals surface area contributed by atoms with Gasteiger partial charge in [0.2, 0.25) is 0 Å². The summed E-state index contributed by atoms with van der Waals surface area (Å²) in [6, 6.07) is 71.5. The van der Waals surface area contributed by atoms with Gasteiger partial charge >= 0.3 is 0 Å². The Morgan fingerprint density at radius 3 is 0.885 bits per heavy atom.